The van der Waals surface area contributed by atoms with Gasteiger partial charge in [0, 0.05) is 39.3 Å². The summed E-state index contributed by atoms with van der Waals surface area (Å²) in [5.74, 6) is -2.04. The van der Waals surface area contributed by atoms with Crippen molar-refractivity contribution in [3.63, 3.8) is 0 Å². The lowest BCUT2D eigenvalue weighted by atomic mass is 10.2. The number of hydroxylamine groups is 2. The van der Waals surface area contributed by atoms with Crippen molar-refractivity contribution in [2.45, 2.75) is 6.54 Å². The zero-order valence-electron chi connectivity index (χ0n) is 15.9. The van der Waals surface area contributed by atoms with Gasteiger partial charge in [-0.25, -0.2) is 9.45 Å². The quantitative estimate of drug-likeness (QED) is 0.649. The average molecular weight is 392 g/mol. The first-order chi connectivity index (χ1) is 13.5. The van der Waals surface area contributed by atoms with Crippen LogP contribution in [0.5, 0.6) is 0 Å². The van der Waals surface area contributed by atoms with E-state index in [0.29, 0.717) is 18.7 Å². The molecule has 0 atom stereocenters. The molecule has 1 fully saturated rings. The number of piperazine rings is 1. The van der Waals surface area contributed by atoms with Crippen LogP contribution in [-0.2, 0) is 21.0 Å². The van der Waals surface area contributed by atoms with Crippen LogP contribution in [0.15, 0.2) is 35.6 Å². The van der Waals surface area contributed by atoms with E-state index in [2.05, 4.69) is 10.2 Å². The summed E-state index contributed by atoms with van der Waals surface area (Å²) in [4.78, 5) is 33.9. The minimum Gasteiger partial charge on any atom is -0.503 e. The van der Waals surface area contributed by atoms with E-state index in [4.69, 9.17) is 4.84 Å². The fourth-order valence-electron chi connectivity index (χ4n) is 3.29. The third kappa shape index (κ3) is 4.67. The molecule has 0 unspecified atom stereocenters. The fourth-order valence-corrected chi connectivity index (χ4v) is 3.29. The number of carbonyl (C=O) groups excluding carboxylic acids is 2. The molecule has 0 radical (unpaired) electrons. The number of nitrogens with zero attached hydrogens (tertiary/aromatic N) is 3. The Balaban J connectivity index is 1.61. The summed E-state index contributed by atoms with van der Waals surface area (Å²) in [6.45, 7) is 4.86. The van der Waals surface area contributed by atoms with Crippen molar-refractivity contribution in [2.75, 3.05) is 52.9 Å². The van der Waals surface area contributed by atoms with Crippen molar-refractivity contribution in [1.29, 1.82) is 0 Å². The van der Waals surface area contributed by atoms with Gasteiger partial charge in [-0.15, -0.1) is 0 Å². The van der Waals surface area contributed by atoms with E-state index >= 15 is 0 Å². The van der Waals surface area contributed by atoms with Crippen molar-refractivity contribution in [2.24, 2.45) is 0 Å². The second-order valence-corrected chi connectivity index (χ2v) is 6.80. The normalized spacial score (nSPS) is 18.1. The number of aliphatic hydroxyl groups is 1. The van der Waals surface area contributed by atoms with Crippen LogP contribution in [0.4, 0.5) is 4.39 Å². The standard InChI is InChI=1S/C19H25FN4O4/c1-28-24(12-14-2-4-15(20)5-3-14)18(26)16-13-23(19(27)17(16)25)11-10-22-8-6-21-7-9-22/h2-5,21,25H,6-13H2,1H3. The van der Waals surface area contributed by atoms with E-state index in [1.54, 1.807) is 12.1 Å². The molecule has 0 aromatic heterocycles. The Labute approximate surface area is 163 Å². The molecular weight excluding hydrogens is 367 g/mol. The van der Waals surface area contributed by atoms with Crippen LogP contribution in [0.2, 0.25) is 0 Å². The van der Waals surface area contributed by atoms with Crippen molar-refractivity contribution >= 4 is 11.8 Å². The molecule has 0 spiro atoms. The molecule has 1 aromatic rings. The minimum absolute atomic E-state index is 0.00859. The lowest BCUT2D eigenvalue weighted by Crippen LogP contribution is -2.46. The molecule has 2 aliphatic rings. The van der Waals surface area contributed by atoms with Crippen molar-refractivity contribution < 1.29 is 23.9 Å². The van der Waals surface area contributed by atoms with E-state index in [9.17, 15) is 19.1 Å². The number of amides is 2. The monoisotopic (exact) mass is 392 g/mol. The highest BCUT2D eigenvalue weighted by Gasteiger charge is 2.36. The molecule has 1 aromatic carbocycles. The summed E-state index contributed by atoms with van der Waals surface area (Å²) < 4.78 is 13.1. The summed E-state index contributed by atoms with van der Waals surface area (Å²) in [5.41, 5.74) is 0.672. The molecule has 2 N–H and O–H groups in total. The molecule has 2 aliphatic heterocycles. The number of aliphatic hydroxyl groups excluding tert-OH is 1. The Hall–Kier alpha value is -2.49. The fraction of sp³-hybridized carbons (Fsp3) is 0.474. The van der Waals surface area contributed by atoms with Crippen molar-refractivity contribution in [3.05, 3.63) is 47.0 Å². The summed E-state index contributed by atoms with van der Waals surface area (Å²) >= 11 is 0. The number of hydrogen-bond donors (Lipinski definition) is 2. The van der Waals surface area contributed by atoms with E-state index in [0.717, 1.165) is 31.2 Å². The number of carbonyl (C=O) groups is 2. The first kappa shape index (κ1) is 20.2. The largest absolute Gasteiger partial charge is 0.503 e. The van der Waals surface area contributed by atoms with E-state index in [1.807, 2.05) is 0 Å². The maximum Gasteiger partial charge on any atom is 0.289 e. The summed E-state index contributed by atoms with van der Waals surface area (Å²) in [5, 5.41) is 14.5. The van der Waals surface area contributed by atoms with Gasteiger partial charge in [0.25, 0.3) is 11.8 Å². The molecule has 9 heteroatoms. The molecular formula is C19H25FN4O4. The van der Waals surface area contributed by atoms with Gasteiger partial charge in [-0.05, 0) is 17.7 Å². The first-order valence-electron chi connectivity index (χ1n) is 9.24. The van der Waals surface area contributed by atoms with E-state index < -0.39 is 17.6 Å². The van der Waals surface area contributed by atoms with Gasteiger partial charge >= 0.3 is 0 Å². The zero-order chi connectivity index (χ0) is 20.1. The Bertz CT molecular complexity index is 747. The molecule has 2 heterocycles. The average Bonchev–Trinajstić information content (AvgIpc) is 3.00. The topological polar surface area (TPSA) is 85.3 Å². The Morgan fingerprint density at radius 2 is 1.93 bits per heavy atom. The van der Waals surface area contributed by atoms with Crippen LogP contribution in [0.1, 0.15) is 5.56 Å². The SMILES string of the molecule is CON(Cc1ccc(F)cc1)C(=O)C1=C(O)C(=O)N(CCN2CCNCC2)C1. The summed E-state index contributed by atoms with van der Waals surface area (Å²) in [6.07, 6.45) is 0. The molecule has 8 nitrogen and oxygen atoms in total. The van der Waals surface area contributed by atoms with Gasteiger partial charge in [0.2, 0.25) is 0 Å². The zero-order valence-corrected chi connectivity index (χ0v) is 15.9. The predicted molar refractivity (Wildman–Crippen MR) is 99.5 cm³/mol. The van der Waals surface area contributed by atoms with Gasteiger partial charge in [0.1, 0.15) is 5.82 Å². The van der Waals surface area contributed by atoms with Crippen molar-refractivity contribution in [1.82, 2.24) is 20.2 Å². The number of benzene rings is 1. The van der Waals surface area contributed by atoms with Crippen molar-refractivity contribution in [3.8, 4) is 0 Å². The number of hydrogen-bond acceptors (Lipinski definition) is 6. The lowest BCUT2D eigenvalue weighted by Gasteiger charge is -2.29. The van der Waals surface area contributed by atoms with Gasteiger partial charge in [0.05, 0.1) is 25.8 Å². The Morgan fingerprint density at radius 3 is 2.57 bits per heavy atom. The second-order valence-electron chi connectivity index (χ2n) is 6.80. The molecule has 152 valence electrons. The minimum atomic E-state index is -0.581. The highest BCUT2D eigenvalue weighted by molar-refractivity contribution is 6.06. The van der Waals surface area contributed by atoms with Gasteiger partial charge < -0.3 is 15.3 Å². The third-order valence-corrected chi connectivity index (χ3v) is 4.96. The van der Waals surface area contributed by atoms with Crippen LogP contribution in [0.25, 0.3) is 0 Å². The van der Waals surface area contributed by atoms with Crippen LogP contribution in [-0.4, -0.2) is 84.7 Å². The van der Waals surface area contributed by atoms with Gasteiger partial charge in [0.15, 0.2) is 5.76 Å². The molecule has 28 heavy (non-hydrogen) atoms. The van der Waals surface area contributed by atoms with Crippen LogP contribution < -0.4 is 5.32 Å². The predicted octanol–water partition coefficient (Wildman–Crippen LogP) is 0.275. The summed E-state index contributed by atoms with van der Waals surface area (Å²) in [7, 11) is 1.33. The number of rotatable bonds is 7. The summed E-state index contributed by atoms with van der Waals surface area (Å²) in [6, 6.07) is 5.67. The van der Waals surface area contributed by atoms with Crippen LogP contribution in [0.3, 0.4) is 0 Å². The Kier molecular flexibility index (Phi) is 6.61. The third-order valence-electron chi connectivity index (χ3n) is 4.96. The maximum atomic E-state index is 13.1. The second kappa shape index (κ2) is 9.13. The smallest absolute Gasteiger partial charge is 0.289 e. The highest BCUT2D eigenvalue weighted by Crippen LogP contribution is 2.20. The number of halogens is 1. The van der Waals surface area contributed by atoms with Gasteiger partial charge in [-0.3, -0.25) is 19.3 Å². The molecule has 0 aliphatic carbocycles. The molecule has 3 rings (SSSR count). The van der Waals surface area contributed by atoms with E-state index in [1.165, 1.54) is 24.1 Å². The van der Waals surface area contributed by atoms with Gasteiger partial charge in [-0.2, -0.15) is 0 Å². The van der Waals surface area contributed by atoms with Crippen LogP contribution in [0, 0.1) is 5.82 Å². The highest BCUT2D eigenvalue weighted by atomic mass is 19.1. The molecule has 1 saturated heterocycles. The number of nitrogens with one attached hydrogen (secondary N) is 1. The molecule has 2 amide bonds. The van der Waals surface area contributed by atoms with E-state index in [-0.39, 0.29) is 24.5 Å². The Morgan fingerprint density at radius 1 is 1.25 bits per heavy atom. The first-order valence-corrected chi connectivity index (χ1v) is 9.24. The van der Waals surface area contributed by atoms with Crippen LogP contribution >= 0.6 is 0 Å². The maximum absolute atomic E-state index is 13.1. The molecule has 0 bridgehead atoms. The lowest BCUT2D eigenvalue weighted by molar-refractivity contribution is -0.174. The van der Waals surface area contributed by atoms with Gasteiger partial charge in [-0.1, -0.05) is 12.1 Å². The molecule has 0 saturated carbocycles.